The number of nitrogens with one attached hydrogen (secondary N) is 1. The molecule has 2 nitrogen and oxygen atoms in total. The third-order valence-electron chi connectivity index (χ3n) is 3.57. The van der Waals surface area contributed by atoms with Gasteiger partial charge in [0.05, 0.1) is 0 Å². The molecule has 1 aromatic carbocycles. The summed E-state index contributed by atoms with van der Waals surface area (Å²) in [7, 11) is 0. The highest BCUT2D eigenvalue weighted by molar-refractivity contribution is 5.85. The third kappa shape index (κ3) is 1.62. The lowest BCUT2D eigenvalue weighted by Crippen LogP contribution is -2.35. The second kappa shape index (κ2) is 4.03. The average Bonchev–Trinajstić information content (AvgIpc) is 2.60. The molecule has 1 fully saturated rings. The van der Waals surface area contributed by atoms with E-state index < -0.39 is 0 Å². The number of ether oxygens (including phenoxy) is 1. The Balaban J connectivity index is 0.000000853. The largest absolute Gasteiger partial charge is 0.384 e. The van der Waals surface area contributed by atoms with Crippen LogP contribution in [0.2, 0.25) is 0 Å². The lowest BCUT2D eigenvalue weighted by atomic mass is 9.76. The number of fused-ring (bicyclic) bond motifs is 2. The second-order valence-corrected chi connectivity index (χ2v) is 4.29. The molecule has 15 heavy (non-hydrogen) atoms. The van der Waals surface area contributed by atoms with Gasteiger partial charge >= 0.3 is 0 Å². The lowest BCUT2D eigenvalue weighted by Gasteiger charge is -2.33. The summed E-state index contributed by atoms with van der Waals surface area (Å²) in [4.78, 5) is 0. The van der Waals surface area contributed by atoms with Crippen molar-refractivity contribution < 1.29 is 4.74 Å². The van der Waals surface area contributed by atoms with Crippen LogP contribution in [0.15, 0.2) is 24.3 Å². The van der Waals surface area contributed by atoms with Crippen LogP contribution in [-0.2, 0) is 10.2 Å². The Hall–Kier alpha value is -0.730. The minimum Gasteiger partial charge on any atom is -0.384 e. The smallest absolute Gasteiger partial charge is 0.0475 e. The zero-order valence-corrected chi connectivity index (χ0v) is 9.48. The first-order chi connectivity index (χ1) is 6.91. The Bertz CT molecular complexity index is 342. The van der Waals surface area contributed by atoms with Gasteiger partial charge < -0.3 is 10.1 Å². The van der Waals surface area contributed by atoms with Crippen molar-refractivity contribution in [3.8, 4) is 0 Å². The van der Waals surface area contributed by atoms with Gasteiger partial charge in [0.25, 0.3) is 0 Å². The lowest BCUT2D eigenvalue weighted by molar-refractivity contribution is 0.0567. The van der Waals surface area contributed by atoms with Gasteiger partial charge in [0.1, 0.15) is 0 Å². The van der Waals surface area contributed by atoms with E-state index in [-0.39, 0.29) is 12.4 Å². The minimum absolute atomic E-state index is 0. The molecule has 3 heteroatoms. The van der Waals surface area contributed by atoms with Gasteiger partial charge in [0.2, 0.25) is 0 Å². The van der Waals surface area contributed by atoms with Crippen LogP contribution in [0.4, 0.5) is 5.69 Å². The van der Waals surface area contributed by atoms with Crippen LogP contribution in [0.5, 0.6) is 0 Å². The highest BCUT2D eigenvalue weighted by Gasteiger charge is 2.39. The predicted octanol–water partition coefficient (Wildman–Crippen LogP) is 2.58. The summed E-state index contributed by atoms with van der Waals surface area (Å²) in [6.07, 6.45) is 2.33. The van der Waals surface area contributed by atoms with E-state index in [1.54, 1.807) is 0 Å². The van der Waals surface area contributed by atoms with Crippen molar-refractivity contribution in [3.63, 3.8) is 0 Å². The normalized spacial score (nSPS) is 21.6. The summed E-state index contributed by atoms with van der Waals surface area (Å²) in [6.45, 7) is 2.92. The van der Waals surface area contributed by atoms with Crippen molar-refractivity contribution >= 4 is 18.1 Å². The molecule has 0 amide bonds. The van der Waals surface area contributed by atoms with Gasteiger partial charge in [-0.15, -0.1) is 12.4 Å². The molecule has 0 unspecified atom stereocenters. The van der Waals surface area contributed by atoms with Gasteiger partial charge in [-0.2, -0.15) is 0 Å². The van der Waals surface area contributed by atoms with Gasteiger partial charge in [-0.1, -0.05) is 18.2 Å². The molecule has 82 valence electrons. The summed E-state index contributed by atoms with van der Waals surface area (Å²) in [6, 6.07) is 8.69. The van der Waals surface area contributed by atoms with Crippen LogP contribution in [0.1, 0.15) is 18.4 Å². The fourth-order valence-corrected chi connectivity index (χ4v) is 2.67. The van der Waals surface area contributed by atoms with E-state index in [1.165, 1.54) is 11.3 Å². The van der Waals surface area contributed by atoms with Crippen molar-refractivity contribution in [2.24, 2.45) is 0 Å². The molecule has 1 aromatic rings. The Morgan fingerprint density at radius 2 is 1.87 bits per heavy atom. The van der Waals surface area contributed by atoms with E-state index >= 15 is 0 Å². The average molecular weight is 226 g/mol. The molecule has 2 aliphatic heterocycles. The zero-order chi connectivity index (χ0) is 9.43. The van der Waals surface area contributed by atoms with E-state index in [0.717, 1.165) is 32.6 Å². The quantitative estimate of drug-likeness (QED) is 0.733. The van der Waals surface area contributed by atoms with Crippen molar-refractivity contribution in [1.82, 2.24) is 0 Å². The van der Waals surface area contributed by atoms with Gasteiger partial charge in [0.15, 0.2) is 0 Å². The molecule has 0 radical (unpaired) electrons. The van der Waals surface area contributed by atoms with Crippen molar-refractivity contribution in [3.05, 3.63) is 29.8 Å². The fraction of sp³-hybridized carbons (Fsp3) is 0.500. The third-order valence-corrected chi connectivity index (χ3v) is 3.57. The number of benzene rings is 1. The molecule has 0 aliphatic carbocycles. The van der Waals surface area contributed by atoms with Crippen LogP contribution < -0.4 is 5.32 Å². The Morgan fingerprint density at radius 1 is 1.13 bits per heavy atom. The van der Waals surface area contributed by atoms with Crippen LogP contribution in [0, 0.1) is 0 Å². The predicted molar refractivity (Wildman–Crippen MR) is 63.9 cm³/mol. The maximum absolute atomic E-state index is 5.44. The minimum atomic E-state index is 0. The van der Waals surface area contributed by atoms with E-state index in [4.69, 9.17) is 4.74 Å². The van der Waals surface area contributed by atoms with Crippen molar-refractivity contribution in [2.75, 3.05) is 25.1 Å². The summed E-state index contributed by atoms with van der Waals surface area (Å²) in [5.74, 6) is 0. The van der Waals surface area contributed by atoms with Crippen LogP contribution in [-0.4, -0.2) is 19.8 Å². The monoisotopic (exact) mass is 225 g/mol. The molecule has 3 rings (SSSR count). The van der Waals surface area contributed by atoms with Crippen LogP contribution in [0.3, 0.4) is 0 Å². The van der Waals surface area contributed by atoms with Gasteiger partial charge in [-0.3, -0.25) is 0 Å². The zero-order valence-electron chi connectivity index (χ0n) is 8.66. The number of halogens is 1. The van der Waals surface area contributed by atoms with Crippen molar-refractivity contribution in [2.45, 2.75) is 18.3 Å². The first-order valence-electron chi connectivity index (χ1n) is 5.32. The summed E-state index contributed by atoms with van der Waals surface area (Å²) in [5, 5.41) is 3.51. The molecule has 2 heterocycles. The first-order valence-corrected chi connectivity index (χ1v) is 5.32. The SMILES string of the molecule is Cl.c1ccc2c(c1)NCC21CCOCC1. The number of hydrogen-bond donors (Lipinski definition) is 1. The summed E-state index contributed by atoms with van der Waals surface area (Å²) in [5.41, 5.74) is 3.20. The van der Waals surface area contributed by atoms with Gasteiger partial charge in [0, 0.05) is 30.9 Å². The summed E-state index contributed by atoms with van der Waals surface area (Å²) >= 11 is 0. The molecule has 1 spiro atoms. The number of anilines is 1. The molecule has 0 bridgehead atoms. The van der Waals surface area contributed by atoms with Crippen LogP contribution in [0.25, 0.3) is 0 Å². The molecule has 2 aliphatic rings. The molecule has 0 saturated carbocycles. The second-order valence-electron chi connectivity index (χ2n) is 4.29. The Kier molecular flexibility index (Phi) is 2.89. The van der Waals surface area contributed by atoms with E-state index in [2.05, 4.69) is 29.6 Å². The molecular weight excluding hydrogens is 210 g/mol. The first kappa shape index (κ1) is 10.8. The Labute approximate surface area is 96.4 Å². The molecule has 0 atom stereocenters. The molecular formula is C12H16ClNO. The maximum atomic E-state index is 5.44. The topological polar surface area (TPSA) is 21.3 Å². The number of hydrogen-bond acceptors (Lipinski definition) is 2. The standard InChI is InChI=1S/C12H15NO.ClH/c1-2-4-11-10(3-1)12(9-13-11)5-7-14-8-6-12;/h1-4,13H,5-9H2;1H. The van der Waals surface area contributed by atoms with Crippen molar-refractivity contribution in [1.29, 1.82) is 0 Å². The van der Waals surface area contributed by atoms with Crippen LogP contribution >= 0.6 is 12.4 Å². The fourth-order valence-electron chi connectivity index (χ4n) is 2.67. The van der Waals surface area contributed by atoms with E-state index in [9.17, 15) is 0 Å². The van der Waals surface area contributed by atoms with Gasteiger partial charge in [-0.05, 0) is 24.5 Å². The van der Waals surface area contributed by atoms with E-state index in [0.29, 0.717) is 5.41 Å². The molecule has 1 saturated heterocycles. The number of rotatable bonds is 0. The van der Waals surface area contributed by atoms with Gasteiger partial charge in [-0.25, -0.2) is 0 Å². The molecule has 1 N–H and O–H groups in total. The van der Waals surface area contributed by atoms with E-state index in [1.807, 2.05) is 0 Å². The highest BCUT2D eigenvalue weighted by atomic mass is 35.5. The Morgan fingerprint density at radius 3 is 2.67 bits per heavy atom. The highest BCUT2D eigenvalue weighted by Crippen LogP contribution is 2.43. The summed E-state index contributed by atoms with van der Waals surface area (Å²) < 4.78 is 5.44. The maximum Gasteiger partial charge on any atom is 0.0475 e. The molecule has 0 aromatic heterocycles. The number of para-hydroxylation sites is 1.